The SMILES string of the molecule is CC/C=C\C/C=C\C/C=C\C/C=C\C/C=C\C/C=C\C/C=C\C/C=C\C/C=C\C/C=C\CCCCC(=O)NC(COC1OC(CO)C(OC2OC(CO)C(OC3OC(CO)C(O)C(O)C3O)C(O)C2O)C(O)C1O)C(O)/C=C/CC/C=C/CC/C=C/CCCCCCCCCCCCCCCCCCCC. The molecule has 3 fully saturated rings. The molecule has 0 spiro atoms. The minimum absolute atomic E-state index is 0.165. The van der Waals surface area contributed by atoms with Gasteiger partial charge in [0.15, 0.2) is 18.9 Å². The molecule has 3 aliphatic heterocycles. The Hall–Kier alpha value is -4.59. The molecule has 3 rings (SSSR count). The van der Waals surface area contributed by atoms with Crippen molar-refractivity contribution in [1.82, 2.24) is 5.32 Å². The predicted octanol–water partition coefficient (Wildman–Crippen LogP) is 14.0. The number of aliphatic hydroxyl groups excluding tert-OH is 11. The number of hydrogen-bond acceptors (Lipinski definition) is 18. The van der Waals surface area contributed by atoms with E-state index in [1.165, 1.54) is 116 Å². The zero-order valence-corrected chi connectivity index (χ0v) is 64.6. The van der Waals surface area contributed by atoms with E-state index in [9.17, 15) is 61.0 Å². The lowest BCUT2D eigenvalue weighted by molar-refractivity contribution is -0.379. The molecule has 3 saturated heterocycles. The van der Waals surface area contributed by atoms with E-state index in [2.05, 4.69) is 165 Å². The molecule has 12 N–H and O–H groups in total. The van der Waals surface area contributed by atoms with Crippen molar-refractivity contribution in [2.75, 3.05) is 26.4 Å². The highest BCUT2D eigenvalue weighted by molar-refractivity contribution is 5.76. The Morgan fingerprint density at radius 1 is 0.349 bits per heavy atom. The molecule has 3 aliphatic rings. The number of allylic oxidation sites excluding steroid dienone is 25. The van der Waals surface area contributed by atoms with Gasteiger partial charge >= 0.3 is 0 Å². The Morgan fingerprint density at radius 3 is 1.06 bits per heavy atom. The van der Waals surface area contributed by atoms with Crippen LogP contribution in [0.25, 0.3) is 0 Å². The van der Waals surface area contributed by atoms with Crippen LogP contribution in [0, 0.1) is 0 Å². The van der Waals surface area contributed by atoms with Gasteiger partial charge in [0.25, 0.3) is 0 Å². The smallest absolute Gasteiger partial charge is 0.220 e. The Morgan fingerprint density at radius 2 is 0.660 bits per heavy atom. The number of carbonyl (C=O) groups excluding carboxylic acids is 1. The third-order valence-corrected chi connectivity index (χ3v) is 19.0. The minimum Gasteiger partial charge on any atom is -0.394 e. The maximum atomic E-state index is 13.5. The summed E-state index contributed by atoms with van der Waals surface area (Å²) in [5, 5.41) is 121. The van der Waals surface area contributed by atoms with E-state index in [1.807, 2.05) is 6.08 Å². The van der Waals surface area contributed by atoms with Crippen LogP contribution in [0.15, 0.2) is 158 Å². The molecule has 0 aromatic rings. The van der Waals surface area contributed by atoms with Gasteiger partial charge in [-0.25, -0.2) is 0 Å². The average molecular weight is 1490 g/mol. The van der Waals surface area contributed by atoms with E-state index in [0.29, 0.717) is 12.8 Å². The third-order valence-electron chi connectivity index (χ3n) is 19.0. The highest BCUT2D eigenvalue weighted by Gasteiger charge is 2.54. The first-order valence-corrected chi connectivity index (χ1v) is 40.7. The Labute approximate surface area is 637 Å². The summed E-state index contributed by atoms with van der Waals surface area (Å²) in [6.45, 7) is 1.56. The fourth-order valence-electron chi connectivity index (χ4n) is 12.5. The van der Waals surface area contributed by atoms with Gasteiger partial charge in [-0.1, -0.05) is 281 Å². The van der Waals surface area contributed by atoms with Gasteiger partial charge in [-0.05, 0) is 122 Å². The van der Waals surface area contributed by atoms with Gasteiger partial charge in [0.2, 0.25) is 5.91 Å². The molecular formula is C87H143NO18. The Balaban J connectivity index is 1.42. The number of aliphatic hydroxyl groups is 11. The van der Waals surface area contributed by atoms with Crippen molar-refractivity contribution in [3.63, 3.8) is 0 Å². The second kappa shape index (κ2) is 65.2. The fourth-order valence-corrected chi connectivity index (χ4v) is 12.5. The molecule has 17 atom stereocenters. The maximum absolute atomic E-state index is 13.5. The summed E-state index contributed by atoms with van der Waals surface area (Å²) >= 11 is 0. The fraction of sp³-hybridized carbons (Fsp3) is 0.690. The molecule has 0 saturated carbocycles. The van der Waals surface area contributed by atoms with E-state index in [1.54, 1.807) is 6.08 Å². The number of nitrogens with one attached hydrogen (secondary N) is 1. The monoisotopic (exact) mass is 1490 g/mol. The van der Waals surface area contributed by atoms with Crippen molar-refractivity contribution in [2.45, 2.75) is 356 Å². The van der Waals surface area contributed by atoms with Gasteiger partial charge in [0.05, 0.1) is 38.6 Å². The normalized spacial score (nSPS) is 26.5. The van der Waals surface area contributed by atoms with Crippen molar-refractivity contribution in [3.05, 3.63) is 158 Å². The molecule has 1 amide bonds. The van der Waals surface area contributed by atoms with Crippen LogP contribution in [0.1, 0.15) is 251 Å². The summed E-state index contributed by atoms with van der Waals surface area (Å²) in [7, 11) is 0. The number of unbranched alkanes of at least 4 members (excludes halogenated alkanes) is 22. The molecule has 106 heavy (non-hydrogen) atoms. The van der Waals surface area contributed by atoms with Crippen LogP contribution in [-0.4, -0.2) is 193 Å². The molecule has 0 aromatic carbocycles. The third kappa shape index (κ3) is 44.3. The summed E-state index contributed by atoms with van der Waals surface area (Å²) in [6.07, 6.45) is 69.4. The van der Waals surface area contributed by atoms with Gasteiger partial charge in [-0.2, -0.15) is 0 Å². The van der Waals surface area contributed by atoms with Gasteiger partial charge < -0.3 is 89.9 Å². The van der Waals surface area contributed by atoms with E-state index in [0.717, 1.165) is 103 Å². The van der Waals surface area contributed by atoms with Crippen LogP contribution >= 0.6 is 0 Å². The number of ether oxygens (including phenoxy) is 6. The first-order valence-electron chi connectivity index (χ1n) is 40.7. The standard InChI is InChI=1S/C87H143NO18/c1-3-5-7-9-11-13-15-17-19-21-23-25-27-29-31-33-34-35-36-37-39-41-43-45-47-49-51-53-55-57-59-61-63-65-75(93)88-70(71(92)64-62-60-58-56-54-52-50-48-46-44-42-40-38-32-30-28-26-24-22-20-18-16-14-12-10-8-6-4-2)69-101-85-81(99)78(96)83(73(67-90)103-85)106-87-82(100)79(97)84(74(68-91)104-87)105-86-80(98)77(95)76(94)72(66-89)102-86/h5,7,11,13,17,19,23,25,29,31,34-35,37,39,43,45-46,48-49,51,54-57,62,64,70-74,76-87,89-92,94-100H,3-4,6,8-10,12,14-16,18,20-22,24,26-28,30,32-33,36,38,40-42,44,47,50,52-53,58-61,63,65-69H2,1-2H3,(H,88,93)/b7-5-,13-11-,19-17-,25-23-,31-29-,35-34-,39-37-,45-43-,48-46+,51-49-,56-54+,57-55-,64-62+. The van der Waals surface area contributed by atoms with Gasteiger partial charge in [-0.3, -0.25) is 4.79 Å². The van der Waals surface area contributed by atoms with Crippen molar-refractivity contribution in [1.29, 1.82) is 0 Å². The summed E-state index contributed by atoms with van der Waals surface area (Å²) in [5.41, 5.74) is 0. The van der Waals surface area contributed by atoms with Gasteiger partial charge in [0.1, 0.15) is 73.2 Å². The largest absolute Gasteiger partial charge is 0.394 e. The number of carbonyl (C=O) groups is 1. The predicted molar refractivity (Wildman–Crippen MR) is 424 cm³/mol. The number of amides is 1. The highest BCUT2D eigenvalue weighted by atomic mass is 16.8. The quantitative estimate of drug-likeness (QED) is 0.0199. The number of hydrogen-bond donors (Lipinski definition) is 12. The summed E-state index contributed by atoms with van der Waals surface area (Å²) in [4.78, 5) is 13.5. The van der Waals surface area contributed by atoms with E-state index >= 15 is 0 Å². The highest BCUT2D eigenvalue weighted by Crippen LogP contribution is 2.33. The van der Waals surface area contributed by atoms with Crippen LogP contribution in [0.5, 0.6) is 0 Å². The molecular weight excluding hydrogens is 1350 g/mol. The topological polar surface area (TPSA) is 307 Å². The summed E-state index contributed by atoms with van der Waals surface area (Å²) in [5.74, 6) is -0.337. The molecule has 604 valence electrons. The number of rotatable bonds is 62. The van der Waals surface area contributed by atoms with Crippen LogP contribution in [0.3, 0.4) is 0 Å². The van der Waals surface area contributed by atoms with Gasteiger partial charge in [-0.15, -0.1) is 0 Å². The molecule has 0 bridgehead atoms. The molecule has 19 heteroatoms. The lowest BCUT2D eigenvalue weighted by Gasteiger charge is -2.48. The Kier molecular flexibility index (Phi) is 58.8. The van der Waals surface area contributed by atoms with Gasteiger partial charge in [0, 0.05) is 6.42 Å². The molecule has 19 nitrogen and oxygen atoms in total. The lowest BCUT2D eigenvalue weighted by atomic mass is 9.96. The van der Waals surface area contributed by atoms with Crippen LogP contribution in [0.2, 0.25) is 0 Å². The molecule has 0 aliphatic carbocycles. The molecule has 0 aromatic heterocycles. The summed E-state index contributed by atoms with van der Waals surface area (Å²) in [6, 6.07) is -1.03. The first kappa shape index (κ1) is 95.6. The average Bonchev–Trinajstić information content (AvgIpc) is 0.781. The van der Waals surface area contributed by atoms with Crippen molar-refractivity contribution in [2.24, 2.45) is 0 Å². The lowest BCUT2D eigenvalue weighted by Crippen LogP contribution is -2.66. The first-order chi connectivity index (χ1) is 51.8. The van der Waals surface area contributed by atoms with Crippen molar-refractivity contribution < 1.29 is 89.4 Å². The second-order valence-corrected chi connectivity index (χ2v) is 28.1. The summed E-state index contributed by atoms with van der Waals surface area (Å²) < 4.78 is 34.4. The second-order valence-electron chi connectivity index (χ2n) is 28.1. The molecule has 17 unspecified atom stereocenters. The Bertz CT molecular complexity index is 2530. The maximum Gasteiger partial charge on any atom is 0.220 e. The zero-order valence-electron chi connectivity index (χ0n) is 64.6. The molecule has 0 radical (unpaired) electrons. The van der Waals surface area contributed by atoms with E-state index < -0.39 is 131 Å². The van der Waals surface area contributed by atoms with Crippen molar-refractivity contribution >= 4 is 5.91 Å². The molecule has 3 heterocycles. The van der Waals surface area contributed by atoms with E-state index in [4.69, 9.17) is 28.4 Å². The zero-order chi connectivity index (χ0) is 76.7. The van der Waals surface area contributed by atoms with E-state index in [-0.39, 0.29) is 12.3 Å². The van der Waals surface area contributed by atoms with Crippen LogP contribution in [-0.2, 0) is 33.2 Å². The van der Waals surface area contributed by atoms with Crippen LogP contribution in [0.4, 0.5) is 0 Å². The van der Waals surface area contributed by atoms with Crippen LogP contribution < -0.4 is 5.32 Å². The van der Waals surface area contributed by atoms with Crippen molar-refractivity contribution in [3.8, 4) is 0 Å². The minimum atomic E-state index is -2.00.